The van der Waals surface area contributed by atoms with Crippen LogP contribution in [0.15, 0.2) is 148 Å². The molecule has 7 aliphatic rings. The zero-order valence-electron chi connectivity index (χ0n) is 83.6. The summed E-state index contributed by atoms with van der Waals surface area (Å²) in [6, 6.07) is 36.6. The number of aryl methyl sites for hydroxylation is 4. The SMILES string of the molecule is CC(C)(C)OC(=O)N1CCC2(CC1)N=C(c1cccc(COCC(F)(F)F)c1)NC2=O.Cc1cc(C(=O)N(C)C)ccc1CCS(=O)(=O)Cl.Cc1cc(C(=O)N(C)C)ccc1CCS(=O)(=O)N1CCC2(CC1)N=C(c1cccc(COCC(F)(F)F)c1)NC2=O.ClCCl.O=C1NC(c2cccc(COCC(F)(F)F)c2)=NC12CCNCC2.[C-]#[N+]C1(NC(=O)c2cccc(COCC(F)(F)F)c2)CCN(C(=O)OC(C)(C)C)CC1. The Bertz CT molecular complexity index is 6030. The Morgan fingerprint density at radius 1 is 0.453 bits per heavy atom. The summed E-state index contributed by atoms with van der Waals surface area (Å²) in [5.74, 6) is -0.465. The van der Waals surface area contributed by atoms with Crippen LogP contribution in [0, 0.1) is 20.4 Å². The lowest BCUT2D eigenvalue weighted by atomic mass is 9.88. The number of alkyl halides is 14. The maximum Gasteiger partial charge on any atom is 0.411 e. The van der Waals surface area contributed by atoms with E-state index >= 15 is 0 Å². The van der Waals surface area contributed by atoms with Gasteiger partial charge in [0.2, 0.25) is 19.1 Å². The monoisotopic (exact) mass is 2190 g/mol. The number of benzene rings is 6. The van der Waals surface area contributed by atoms with Gasteiger partial charge in [0.1, 0.15) is 71.8 Å². The predicted octanol–water partition coefficient (Wildman–Crippen LogP) is 15.6. The lowest BCUT2D eigenvalue weighted by Gasteiger charge is -2.36. The van der Waals surface area contributed by atoms with Gasteiger partial charge in [-0.1, -0.05) is 78.9 Å². The Hall–Kier alpha value is -11.1. The number of likely N-dealkylation sites (tertiary alicyclic amines) is 2. The van der Waals surface area contributed by atoms with Crippen LogP contribution in [0.5, 0.6) is 0 Å². The van der Waals surface area contributed by atoms with E-state index in [0.717, 1.165) is 35.3 Å². The second-order valence-corrected chi connectivity index (χ2v) is 43.9. The molecular formula is C99H121Cl3F12N14O18S2. The third kappa shape index (κ3) is 38.7. The van der Waals surface area contributed by atoms with Gasteiger partial charge in [0.15, 0.2) is 0 Å². The molecule has 49 heteroatoms. The van der Waals surface area contributed by atoms with E-state index in [1.807, 2.05) is 13.8 Å². The molecule has 0 unspecified atom stereocenters. The van der Waals surface area contributed by atoms with Crippen molar-refractivity contribution in [2.75, 3.05) is 124 Å². The van der Waals surface area contributed by atoms with Gasteiger partial charge in [0.05, 0.1) is 56.1 Å². The molecule has 6 aromatic carbocycles. The quantitative estimate of drug-likeness (QED) is 0.0146. The maximum atomic E-state index is 13.1. The van der Waals surface area contributed by atoms with Crippen LogP contribution >= 0.6 is 33.9 Å². The molecule has 7 aliphatic heterocycles. The topological polar surface area (TPSA) is 378 Å². The molecule has 3 spiro atoms. The summed E-state index contributed by atoms with van der Waals surface area (Å²) < 4.78 is 226. The van der Waals surface area contributed by atoms with Crippen LogP contribution in [0.3, 0.4) is 0 Å². The zero-order chi connectivity index (χ0) is 110. The standard InChI is InChI=1S/C28H33F3N4O5S.2C21H26F3N3O4.C16H18F3N3O2.C12H16ClNO3S.CH2Cl2/c1-19-15-23(25(36)34(2)3)8-7-21(19)9-14-41(38,39)35-12-10-27(11-13-35)26(37)32-24(33-27)22-6-4-5-20(16-22)17-40-18-28(29,30)31;1-19(2,3)31-18(29)27-9-7-20(8-10-27)17(28)25-16(26-20)15-6-4-5-14(11-15)12-30-13-21(22,23)24;1-19(2,3)31-18(29)27-10-8-20(25-4,9-11-27)26-17(28)16-7-5-6-15(12-16)13-30-14-21(22,23)24;17-16(18,19)10-24-9-11-2-1-3-12(8-11)13-21-14(23)15(22-13)4-6-20-7-5-15;1-9-8-11(12(15)14(2)3)5-4-10(9)6-7-18(13,16)17;2-1-3/h4-8,15-16H,9-14,17-18H2,1-3H3,(H,32,33,37);4-6,11H,7-10,12-13H2,1-3H3,(H,25,26,28);5-7,12H,8-11,13-14H2,1-3H3,(H,26,28);1-3,8,20H,4-7,9-10H2,(H,21,22,23);4-5,8H,6-7H2,1-3H3;1H2. The van der Waals surface area contributed by atoms with E-state index in [-0.39, 0.29) is 137 Å². The van der Waals surface area contributed by atoms with Crippen LogP contribution in [0.1, 0.15) is 185 Å². The number of halogens is 15. The number of sulfonamides is 1. The van der Waals surface area contributed by atoms with Crippen molar-refractivity contribution in [1.82, 2.24) is 50.5 Å². The molecule has 7 heterocycles. The molecule has 13 rings (SSSR count). The normalized spacial score (nSPS) is 16.9. The van der Waals surface area contributed by atoms with Gasteiger partial charge in [-0.15, -0.1) is 23.2 Å². The number of ether oxygens (including phenoxy) is 6. The summed E-state index contributed by atoms with van der Waals surface area (Å²) >= 11 is 9.53. The van der Waals surface area contributed by atoms with Crippen molar-refractivity contribution in [2.24, 2.45) is 15.0 Å². The molecule has 0 bridgehead atoms. The van der Waals surface area contributed by atoms with Gasteiger partial charge in [-0.3, -0.25) is 53.9 Å². The number of nitrogens with zero attached hydrogens (tertiary/aromatic N) is 9. The highest BCUT2D eigenvalue weighted by molar-refractivity contribution is 8.13. The van der Waals surface area contributed by atoms with Crippen LogP contribution in [0.25, 0.3) is 4.85 Å². The molecule has 5 N–H and O–H groups in total. The van der Waals surface area contributed by atoms with E-state index in [1.165, 1.54) is 37.2 Å². The second kappa shape index (κ2) is 52.5. The lowest BCUT2D eigenvalue weighted by molar-refractivity contribution is -0.177. The molecule has 8 amide bonds. The minimum absolute atomic E-state index is 0.0744. The van der Waals surface area contributed by atoms with Crippen LogP contribution in [0.2, 0.25) is 0 Å². The van der Waals surface area contributed by atoms with E-state index in [2.05, 4.69) is 55.9 Å². The Morgan fingerprint density at radius 2 is 0.770 bits per heavy atom. The largest absolute Gasteiger partial charge is 0.444 e. The first-order chi connectivity index (χ1) is 68.9. The fourth-order valence-electron chi connectivity index (χ4n) is 16.0. The lowest BCUT2D eigenvalue weighted by Crippen LogP contribution is -2.54. The molecule has 812 valence electrons. The summed E-state index contributed by atoms with van der Waals surface area (Å²) in [5.41, 5.74) is 3.47. The molecule has 4 saturated heterocycles. The van der Waals surface area contributed by atoms with Gasteiger partial charge < -0.3 is 69.3 Å². The number of amidine groups is 3. The number of carbonyl (C=O) groups excluding carboxylic acids is 8. The summed E-state index contributed by atoms with van der Waals surface area (Å²) in [4.78, 5) is 122. The Morgan fingerprint density at radius 3 is 1.09 bits per heavy atom. The number of piperidine rings is 4. The van der Waals surface area contributed by atoms with Gasteiger partial charge >= 0.3 is 42.6 Å². The molecule has 0 aromatic heterocycles. The Labute approximate surface area is 865 Å². The van der Waals surface area contributed by atoms with Gasteiger partial charge in [-0.2, -0.15) is 52.7 Å². The maximum absolute atomic E-state index is 13.1. The summed E-state index contributed by atoms with van der Waals surface area (Å²) in [5, 5.41) is 14.4. The van der Waals surface area contributed by atoms with E-state index in [0.29, 0.717) is 113 Å². The van der Waals surface area contributed by atoms with E-state index in [9.17, 15) is 108 Å². The van der Waals surface area contributed by atoms with Crippen molar-refractivity contribution in [3.63, 3.8) is 0 Å². The molecule has 0 atom stereocenters. The molecule has 0 saturated carbocycles. The third-order valence-electron chi connectivity index (χ3n) is 23.5. The number of hydrogen-bond donors (Lipinski definition) is 5. The molecule has 6 aromatic rings. The van der Waals surface area contributed by atoms with Crippen molar-refractivity contribution < 1.29 is 136 Å². The predicted molar refractivity (Wildman–Crippen MR) is 530 cm³/mol. The number of hydrogen-bond acceptors (Lipinski definition) is 22. The fourth-order valence-corrected chi connectivity index (χ4v) is 18.1. The molecule has 32 nitrogen and oxygen atoms in total. The van der Waals surface area contributed by atoms with Crippen molar-refractivity contribution >= 4 is 118 Å². The van der Waals surface area contributed by atoms with E-state index < -0.39 is 122 Å². The van der Waals surface area contributed by atoms with Crippen molar-refractivity contribution in [1.29, 1.82) is 0 Å². The second-order valence-electron chi connectivity index (χ2n) is 38.1. The number of carbonyl (C=O) groups is 8. The minimum Gasteiger partial charge on any atom is -0.444 e. The summed E-state index contributed by atoms with van der Waals surface area (Å²) in [7, 11) is 4.79. The molecule has 4 fully saturated rings. The third-order valence-corrected chi connectivity index (χ3v) is 26.6. The minimum atomic E-state index is -4.43. The fraction of sp³-hybridized carbons (Fsp3) is 0.515. The average molecular weight is 2190 g/mol. The zero-order valence-corrected chi connectivity index (χ0v) is 87.5. The van der Waals surface area contributed by atoms with Gasteiger partial charge in [0, 0.05) is 112 Å². The Kier molecular flexibility index (Phi) is 43.3. The highest BCUT2D eigenvalue weighted by atomic mass is 35.7. The van der Waals surface area contributed by atoms with Crippen molar-refractivity contribution in [3.8, 4) is 0 Å². The Balaban J connectivity index is 0.000000229. The molecule has 148 heavy (non-hydrogen) atoms. The summed E-state index contributed by atoms with van der Waals surface area (Å²) in [6.07, 6.45) is -15.0. The van der Waals surface area contributed by atoms with Crippen LogP contribution in [0.4, 0.5) is 62.3 Å². The first kappa shape index (κ1) is 122. The molecular weight excluding hydrogens is 2070 g/mol. The number of aliphatic imine (C=N–C) groups is 3. The summed E-state index contributed by atoms with van der Waals surface area (Å²) in [6.45, 7) is 18.6. The highest BCUT2D eigenvalue weighted by Crippen LogP contribution is 2.37. The van der Waals surface area contributed by atoms with Crippen LogP contribution in [-0.2, 0) is 101 Å². The average Bonchev–Trinajstić information content (AvgIpc) is 1.62. The van der Waals surface area contributed by atoms with Crippen molar-refractivity contribution in [3.05, 3.63) is 223 Å². The van der Waals surface area contributed by atoms with Gasteiger partial charge in [0.25, 0.3) is 35.4 Å². The molecule has 0 aliphatic carbocycles. The number of amides is 8. The first-order valence-electron chi connectivity index (χ1n) is 46.6. The smallest absolute Gasteiger partial charge is 0.411 e. The first-order valence-corrected chi connectivity index (χ1v) is 51.8. The van der Waals surface area contributed by atoms with E-state index in [1.54, 1.807) is 190 Å². The van der Waals surface area contributed by atoms with Gasteiger partial charge in [-0.05, 0) is 219 Å². The highest BCUT2D eigenvalue weighted by Gasteiger charge is 2.51. The van der Waals surface area contributed by atoms with E-state index in [4.69, 9.17) is 59.4 Å². The van der Waals surface area contributed by atoms with Crippen LogP contribution < -0.4 is 26.6 Å². The van der Waals surface area contributed by atoms with Crippen molar-refractivity contribution in [2.45, 2.75) is 204 Å². The molecule has 0 radical (unpaired) electrons. The van der Waals surface area contributed by atoms with Crippen LogP contribution in [-0.4, -0.2) is 288 Å². The number of nitrogens with one attached hydrogen (secondary N) is 5. The number of rotatable bonds is 26. The van der Waals surface area contributed by atoms with Gasteiger partial charge in [-0.25, -0.2) is 37.3 Å².